The van der Waals surface area contributed by atoms with Gasteiger partial charge < -0.3 is 0 Å². The van der Waals surface area contributed by atoms with Crippen molar-refractivity contribution in [3.8, 4) is 0 Å². The molecule has 2 unspecified atom stereocenters. The van der Waals surface area contributed by atoms with Gasteiger partial charge in [0, 0.05) is 28.4 Å². The molecule has 0 amide bonds. The predicted octanol–water partition coefficient (Wildman–Crippen LogP) is 3.55. The normalized spacial score (nSPS) is 27.0. The SMILES string of the molecule is Cc1ccc(CC(C)N2CCCN3CCCCC3C2)s1. The van der Waals surface area contributed by atoms with Gasteiger partial charge in [-0.3, -0.25) is 9.80 Å². The highest BCUT2D eigenvalue weighted by Gasteiger charge is 2.28. The van der Waals surface area contributed by atoms with E-state index in [0.717, 1.165) is 6.04 Å². The standard InChI is InChI=1S/C17H28N2S/c1-14(12-17-8-7-15(2)20-17)19-11-5-10-18-9-4-3-6-16(18)13-19/h7-8,14,16H,3-6,9-13H2,1-2H3. The highest BCUT2D eigenvalue weighted by Crippen LogP contribution is 2.24. The summed E-state index contributed by atoms with van der Waals surface area (Å²) in [6.45, 7) is 9.89. The van der Waals surface area contributed by atoms with Crippen LogP contribution in [0.4, 0.5) is 0 Å². The van der Waals surface area contributed by atoms with Gasteiger partial charge in [0.25, 0.3) is 0 Å². The monoisotopic (exact) mass is 292 g/mol. The molecule has 3 heterocycles. The van der Waals surface area contributed by atoms with Crippen molar-refractivity contribution in [3.05, 3.63) is 21.9 Å². The van der Waals surface area contributed by atoms with Crippen molar-refractivity contribution in [3.63, 3.8) is 0 Å². The van der Waals surface area contributed by atoms with Crippen molar-refractivity contribution in [1.29, 1.82) is 0 Å². The van der Waals surface area contributed by atoms with Crippen LogP contribution in [-0.4, -0.2) is 48.1 Å². The van der Waals surface area contributed by atoms with Crippen molar-refractivity contribution >= 4 is 11.3 Å². The molecule has 3 heteroatoms. The van der Waals surface area contributed by atoms with Crippen LogP contribution in [0.3, 0.4) is 0 Å². The number of piperidine rings is 1. The third-order valence-corrected chi connectivity index (χ3v) is 6.02. The zero-order valence-electron chi connectivity index (χ0n) is 13.0. The Morgan fingerprint density at radius 2 is 2.05 bits per heavy atom. The molecule has 2 fully saturated rings. The fourth-order valence-electron chi connectivity index (χ4n) is 3.82. The van der Waals surface area contributed by atoms with E-state index in [2.05, 4.69) is 35.8 Å². The number of hydrogen-bond donors (Lipinski definition) is 0. The minimum absolute atomic E-state index is 0.690. The van der Waals surface area contributed by atoms with E-state index in [1.807, 2.05) is 11.3 Å². The maximum absolute atomic E-state index is 2.76. The van der Waals surface area contributed by atoms with E-state index in [1.54, 1.807) is 4.88 Å². The molecule has 112 valence electrons. The summed E-state index contributed by atoms with van der Waals surface area (Å²) in [5.74, 6) is 0. The maximum Gasteiger partial charge on any atom is 0.0223 e. The fourth-order valence-corrected chi connectivity index (χ4v) is 4.83. The van der Waals surface area contributed by atoms with Crippen LogP contribution in [0.1, 0.15) is 42.4 Å². The number of rotatable bonds is 3. The molecule has 2 atom stereocenters. The molecule has 20 heavy (non-hydrogen) atoms. The third-order valence-electron chi connectivity index (χ3n) is 5.00. The number of hydrogen-bond acceptors (Lipinski definition) is 3. The van der Waals surface area contributed by atoms with Gasteiger partial charge in [0.15, 0.2) is 0 Å². The lowest BCUT2D eigenvalue weighted by atomic mass is 10.0. The molecule has 0 spiro atoms. The molecule has 0 aliphatic carbocycles. The Balaban J connectivity index is 1.60. The molecule has 0 aromatic carbocycles. The minimum atomic E-state index is 0.690. The van der Waals surface area contributed by atoms with Crippen molar-refractivity contribution in [2.24, 2.45) is 0 Å². The first-order valence-electron chi connectivity index (χ1n) is 8.26. The lowest BCUT2D eigenvalue weighted by Gasteiger charge is -2.37. The van der Waals surface area contributed by atoms with Gasteiger partial charge in [-0.1, -0.05) is 6.42 Å². The predicted molar refractivity (Wildman–Crippen MR) is 87.6 cm³/mol. The van der Waals surface area contributed by atoms with E-state index in [0.29, 0.717) is 6.04 Å². The molecular formula is C17H28N2S. The van der Waals surface area contributed by atoms with E-state index >= 15 is 0 Å². The molecule has 0 saturated carbocycles. The summed E-state index contributed by atoms with van der Waals surface area (Å²) in [6.07, 6.45) is 6.85. The largest absolute Gasteiger partial charge is 0.299 e. The summed E-state index contributed by atoms with van der Waals surface area (Å²) in [5.41, 5.74) is 0. The van der Waals surface area contributed by atoms with E-state index in [9.17, 15) is 0 Å². The van der Waals surface area contributed by atoms with Crippen LogP contribution in [0.5, 0.6) is 0 Å². The van der Waals surface area contributed by atoms with E-state index in [4.69, 9.17) is 0 Å². The van der Waals surface area contributed by atoms with Crippen LogP contribution in [0, 0.1) is 6.92 Å². The summed E-state index contributed by atoms with van der Waals surface area (Å²) < 4.78 is 0. The molecule has 0 bridgehead atoms. The van der Waals surface area contributed by atoms with Crippen LogP contribution in [-0.2, 0) is 6.42 Å². The van der Waals surface area contributed by atoms with Crippen molar-refractivity contribution in [1.82, 2.24) is 9.80 Å². The summed E-state index contributed by atoms with van der Waals surface area (Å²) >= 11 is 1.97. The summed E-state index contributed by atoms with van der Waals surface area (Å²) in [6, 6.07) is 6.10. The molecule has 1 aromatic heterocycles. The van der Waals surface area contributed by atoms with Gasteiger partial charge in [-0.2, -0.15) is 0 Å². The topological polar surface area (TPSA) is 6.48 Å². The van der Waals surface area contributed by atoms with Gasteiger partial charge in [-0.25, -0.2) is 0 Å². The number of thiophene rings is 1. The van der Waals surface area contributed by atoms with Crippen molar-refractivity contribution in [2.45, 2.75) is 58.0 Å². The van der Waals surface area contributed by atoms with Crippen LogP contribution in [0.2, 0.25) is 0 Å². The summed E-state index contributed by atoms with van der Waals surface area (Å²) in [7, 11) is 0. The average Bonchev–Trinajstić information content (AvgIpc) is 2.74. The van der Waals surface area contributed by atoms with Gasteiger partial charge in [-0.15, -0.1) is 11.3 Å². The van der Waals surface area contributed by atoms with Gasteiger partial charge in [0.1, 0.15) is 0 Å². The molecule has 1 aromatic rings. The first kappa shape index (κ1) is 14.6. The third kappa shape index (κ3) is 3.44. The Morgan fingerprint density at radius 1 is 1.20 bits per heavy atom. The Hall–Kier alpha value is -0.380. The van der Waals surface area contributed by atoms with Gasteiger partial charge in [0.2, 0.25) is 0 Å². The van der Waals surface area contributed by atoms with Gasteiger partial charge in [-0.05, 0) is 71.3 Å². The summed E-state index contributed by atoms with van der Waals surface area (Å²) in [4.78, 5) is 8.51. The molecule has 3 rings (SSSR count). The van der Waals surface area contributed by atoms with Crippen molar-refractivity contribution < 1.29 is 0 Å². The van der Waals surface area contributed by atoms with E-state index in [1.165, 1.54) is 63.2 Å². The first-order valence-corrected chi connectivity index (χ1v) is 9.07. The highest BCUT2D eigenvalue weighted by atomic mass is 32.1. The average molecular weight is 292 g/mol. The van der Waals surface area contributed by atoms with Crippen LogP contribution in [0.25, 0.3) is 0 Å². The summed E-state index contributed by atoms with van der Waals surface area (Å²) in [5, 5.41) is 0. The van der Waals surface area contributed by atoms with Gasteiger partial charge in [0.05, 0.1) is 0 Å². The molecular weight excluding hydrogens is 264 g/mol. The van der Waals surface area contributed by atoms with Crippen molar-refractivity contribution in [2.75, 3.05) is 26.2 Å². The molecule has 0 N–H and O–H groups in total. The fraction of sp³-hybridized carbons (Fsp3) is 0.765. The second-order valence-electron chi connectivity index (χ2n) is 6.60. The second kappa shape index (κ2) is 6.59. The Kier molecular flexibility index (Phi) is 4.79. The molecule has 2 saturated heterocycles. The van der Waals surface area contributed by atoms with Crippen LogP contribution < -0.4 is 0 Å². The van der Waals surface area contributed by atoms with Crippen LogP contribution >= 0.6 is 11.3 Å². The smallest absolute Gasteiger partial charge is 0.0223 e. The first-order chi connectivity index (χ1) is 9.72. The lowest BCUT2D eigenvalue weighted by molar-refractivity contribution is 0.123. The number of aryl methyl sites for hydroxylation is 1. The zero-order valence-corrected chi connectivity index (χ0v) is 13.8. The molecule has 0 radical (unpaired) electrons. The Morgan fingerprint density at radius 3 is 2.85 bits per heavy atom. The Labute approximate surface area is 127 Å². The molecule has 2 aliphatic rings. The maximum atomic E-state index is 2.76. The molecule has 2 nitrogen and oxygen atoms in total. The minimum Gasteiger partial charge on any atom is -0.299 e. The van der Waals surface area contributed by atoms with Crippen LogP contribution in [0.15, 0.2) is 12.1 Å². The van der Waals surface area contributed by atoms with Gasteiger partial charge >= 0.3 is 0 Å². The Bertz CT molecular complexity index is 428. The number of nitrogens with zero attached hydrogens (tertiary/aromatic N) is 2. The quantitative estimate of drug-likeness (QED) is 0.840. The van der Waals surface area contributed by atoms with E-state index in [-0.39, 0.29) is 0 Å². The highest BCUT2D eigenvalue weighted by molar-refractivity contribution is 7.11. The number of fused-ring (bicyclic) bond motifs is 1. The lowest BCUT2D eigenvalue weighted by Crippen LogP contribution is -2.46. The van der Waals surface area contributed by atoms with E-state index < -0.39 is 0 Å². The second-order valence-corrected chi connectivity index (χ2v) is 7.97. The molecule has 2 aliphatic heterocycles. The zero-order chi connectivity index (χ0) is 13.9.